The predicted molar refractivity (Wildman–Crippen MR) is 62.1 cm³/mol. The molecule has 2 aromatic rings. The van der Waals surface area contributed by atoms with Gasteiger partial charge in [-0.2, -0.15) is 0 Å². The molecule has 6 heteroatoms. The molecule has 2 rings (SSSR count). The van der Waals surface area contributed by atoms with Gasteiger partial charge in [-0.15, -0.1) is 12.4 Å². The lowest BCUT2D eigenvalue weighted by atomic mass is 10.1. The molecule has 15 heavy (non-hydrogen) atoms. The van der Waals surface area contributed by atoms with Crippen LogP contribution in [0.5, 0.6) is 0 Å². The number of nitrogens with two attached hydrogens (primary N) is 2. The highest BCUT2D eigenvalue weighted by atomic mass is 35.5. The summed E-state index contributed by atoms with van der Waals surface area (Å²) in [5, 5.41) is 0.771. The SMILES string of the molecule is Cl.NC(=O)c1c[nH]c2ccc(N)cc12.O. The van der Waals surface area contributed by atoms with Crippen molar-refractivity contribution in [1.29, 1.82) is 0 Å². The molecular formula is C9H12ClN3O2. The number of fused-ring (bicyclic) bond motifs is 1. The van der Waals surface area contributed by atoms with Crippen LogP contribution in [-0.2, 0) is 0 Å². The highest BCUT2D eigenvalue weighted by molar-refractivity contribution is 6.06. The quantitative estimate of drug-likeness (QED) is 0.616. The summed E-state index contributed by atoms with van der Waals surface area (Å²) >= 11 is 0. The van der Waals surface area contributed by atoms with Crippen LogP contribution < -0.4 is 11.5 Å². The van der Waals surface area contributed by atoms with Crippen molar-refractivity contribution in [3.63, 3.8) is 0 Å². The minimum Gasteiger partial charge on any atom is -0.412 e. The second-order valence-electron chi connectivity index (χ2n) is 2.87. The lowest BCUT2D eigenvalue weighted by Crippen LogP contribution is -2.09. The molecule has 5 nitrogen and oxygen atoms in total. The van der Waals surface area contributed by atoms with E-state index in [1.165, 1.54) is 0 Å². The fraction of sp³-hybridized carbons (Fsp3) is 0. The van der Waals surface area contributed by atoms with E-state index in [-0.39, 0.29) is 17.9 Å². The number of hydrogen-bond donors (Lipinski definition) is 3. The topological polar surface area (TPSA) is 116 Å². The third kappa shape index (κ3) is 2.20. The van der Waals surface area contributed by atoms with Crippen molar-refractivity contribution >= 4 is 34.9 Å². The number of nitrogens with one attached hydrogen (secondary N) is 1. The highest BCUT2D eigenvalue weighted by Gasteiger charge is 2.07. The molecule has 0 atom stereocenters. The van der Waals surface area contributed by atoms with Crippen molar-refractivity contribution < 1.29 is 10.3 Å². The largest absolute Gasteiger partial charge is 0.412 e. The number of nitrogen functional groups attached to an aromatic ring is 1. The minimum absolute atomic E-state index is 0. The number of halogens is 1. The molecule has 1 amide bonds. The van der Waals surface area contributed by atoms with E-state index in [2.05, 4.69) is 4.98 Å². The summed E-state index contributed by atoms with van der Waals surface area (Å²) in [4.78, 5) is 13.9. The molecule has 0 aliphatic rings. The van der Waals surface area contributed by atoms with Crippen molar-refractivity contribution in [2.75, 3.05) is 5.73 Å². The number of carbonyl (C=O) groups excluding carboxylic acids is 1. The number of rotatable bonds is 1. The van der Waals surface area contributed by atoms with Crippen LogP contribution in [0.25, 0.3) is 10.9 Å². The molecule has 0 saturated carbocycles. The Hall–Kier alpha value is -1.72. The number of amides is 1. The first-order chi connectivity index (χ1) is 6.18. The second kappa shape index (κ2) is 4.68. The first kappa shape index (κ1) is 13.3. The average Bonchev–Trinajstić information content (AvgIpc) is 2.46. The summed E-state index contributed by atoms with van der Waals surface area (Å²) in [6, 6.07) is 5.31. The Morgan fingerprint density at radius 2 is 2.00 bits per heavy atom. The van der Waals surface area contributed by atoms with Crippen LogP contribution in [0.1, 0.15) is 10.4 Å². The zero-order chi connectivity index (χ0) is 9.42. The molecule has 82 valence electrons. The molecule has 0 saturated heterocycles. The molecule has 1 heterocycles. The van der Waals surface area contributed by atoms with E-state index in [1.807, 2.05) is 6.07 Å². The summed E-state index contributed by atoms with van der Waals surface area (Å²) in [5.41, 5.74) is 12.7. The first-order valence-electron chi connectivity index (χ1n) is 3.85. The molecule has 7 N–H and O–H groups in total. The summed E-state index contributed by atoms with van der Waals surface area (Å²) in [5.74, 6) is -0.447. The second-order valence-corrected chi connectivity index (χ2v) is 2.87. The van der Waals surface area contributed by atoms with Gasteiger partial charge in [0, 0.05) is 22.8 Å². The fourth-order valence-electron chi connectivity index (χ4n) is 1.34. The van der Waals surface area contributed by atoms with Crippen LogP contribution >= 0.6 is 12.4 Å². The van der Waals surface area contributed by atoms with Crippen LogP contribution in [0.2, 0.25) is 0 Å². The highest BCUT2D eigenvalue weighted by Crippen LogP contribution is 2.20. The van der Waals surface area contributed by atoms with Gasteiger partial charge in [0.25, 0.3) is 5.91 Å². The van der Waals surface area contributed by atoms with Gasteiger partial charge in [-0.1, -0.05) is 0 Å². The molecular weight excluding hydrogens is 218 g/mol. The lowest BCUT2D eigenvalue weighted by Gasteiger charge is -1.94. The zero-order valence-electron chi connectivity index (χ0n) is 7.78. The number of primary amides is 1. The molecule has 0 spiro atoms. The van der Waals surface area contributed by atoms with Crippen molar-refractivity contribution in [3.8, 4) is 0 Å². The molecule has 0 radical (unpaired) electrons. The van der Waals surface area contributed by atoms with Gasteiger partial charge >= 0.3 is 0 Å². The van der Waals surface area contributed by atoms with Crippen LogP contribution in [0.15, 0.2) is 24.4 Å². The number of hydrogen-bond acceptors (Lipinski definition) is 2. The maximum atomic E-state index is 10.9. The van der Waals surface area contributed by atoms with Crippen molar-refractivity contribution in [2.24, 2.45) is 5.73 Å². The Bertz CT molecular complexity index is 481. The molecule has 0 bridgehead atoms. The summed E-state index contributed by atoms with van der Waals surface area (Å²) < 4.78 is 0. The third-order valence-corrected chi connectivity index (χ3v) is 1.97. The Morgan fingerprint density at radius 1 is 1.33 bits per heavy atom. The van der Waals surface area contributed by atoms with E-state index in [0.29, 0.717) is 11.3 Å². The van der Waals surface area contributed by atoms with E-state index in [0.717, 1.165) is 10.9 Å². The standard InChI is InChI=1S/C9H9N3O.ClH.H2O/c10-5-1-2-8-6(3-5)7(4-12-8)9(11)13;;/h1-4,12H,10H2,(H2,11,13);1H;1H2. The van der Waals surface area contributed by atoms with E-state index < -0.39 is 5.91 Å². The summed E-state index contributed by atoms with van der Waals surface area (Å²) in [6.45, 7) is 0. The maximum absolute atomic E-state index is 10.9. The number of carbonyl (C=O) groups is 1. The van der Waals surface area contributed by atoms with Crippen LogP contribution in [0.4, 0.5) is 5.69 Å². The zero-order valence-corrected chi connectivity index (χ0v) is 8.60. The summed E-state index contributed by atoms with van der Waals surface area (Å²) in [6.07, 6.45) is 1.59. The van der Waals surface area contributed by atoms with E-state index in [1.54, 1.807) is 18.3 Å². The Balaban J connectivity index is 0.000000980. The monoisotopic (exact) mass is 229 g/mol. The van der Waals surface area contributed by atoms with Gasteiger partial charge in [0.1, 0.15) is 0 Å². The van der Waals surface area contributed by atoms with E-state index in [9.17, 15) is 4.79 Å². The average molecular weight is 230 g/mol. The normalized spacial score (nSPS) is 9.07. The predicted octanol–water partition coefficient (Wildman–Crippen LogP) is 0.446. The van der Waals surface area contributed by atoms with Gasteiger partial charge < -0.3 is 21.9 Å². The van der Waals surface area contributed by atoms with Gasteiger partial charge in [-0.3, -0.25) is 4.79 Å². The number of aromatic nitrogens is 1. The van der Waals surface area contributed by atoms with E-state index in [4.69, 9.17) is 11.5 Å². The van der Waals surface area contributed by atoms with Gasteiger partial charge in [0.05, 0.1) is 5.56 Å². The summed E-state index contributed by atoms with van der Waals surface area (Å²) in [7, 11) is 0. The number of benzene rings is 1. The van der Waals surface area contributed by atoms with Crippen LogP contribution in [-0.4, -0.2) is 16.4 Å². The van der Waals surface area contributed by atoms with Gasteiger partial charge in [-0.05, 0) is 18.2 Å². The first-order valence-corrected chi connectivity index (χ1v) is 3.85. The third-order valence-electron chi connectivity index (χ3n) is 1.97. The maximum Gasteiger partial charge on any atom is 0.250 e. The smallest absolute Gasteiger partial charge is 0.250 e. The van der Waals surface area contributed by atoms with Gasteiger partial charge in [0.15, 0.2) is 0 Å². The van der Waals surface area contributed by atoms with Gasteiger partial charge in [-0.25, -0.2) is 0 Å². The molecule has 1 aromatic carbocycles. The molecule has 0 aliphatic heterocycles. The number of aromatic amines is 1. The minimum atomic E-state index is -0.447. The molecule has 0 fully saturated rings. The lowest BCUT2D eigenvalue weighted by molar-refractivity contribution is 0.100. The number of H-pyrrole nitrogens is 1. The van der Waals surface area contributed by atoms with Crippen molar-refractivity contribution in [3.05, 3.63) is 30.0 Å². The Kier molecular flexibility index (Phi) is 4.14. The van der Waals surface area contributed by atoms with Crippen LogP contribution in [0, 0.1) is 0 Å². The van der Waals surface area contributed by atoms with Crippen LogP contribution in [0.3, 0.4) is 0 Å². The Morgan fingerprint density at radius 3 is 2.60 bits per heavy atom. The van der Waals surface area contributed by atoms with Crippen molar-refractivity contribution in [1.82, 2.24) is 4.98 Å². The fourth-order valence-corrected chi connectivity index (χ4v) is 1.34. The number of anilines is 1. The van der Waals surface area contributed by atoms with E-state index >= 15 is 0 Å². The molecule has 0 unspecified atom stereocenters. The van der Waals surface area contributed by atoms with Crippen molar-refractivity contribution in [2.45, 2.75) is 0 Å². The molecule has 0 aliphatic carbocycles. The van der Waals surface area contributed by atoms with Gasteiger partial charge in [0.2, 0.25) is 0 Å². The molecule has 1 aromatic heterocycles. The Labute approximate surface area is 92.2 Å².